The third kappa shape index (κ3) is 1.68. The topological polar surface area (TPSA) is 64.3 Å². The van der Waals surface area contributed by atoms with Crippen molar-refractivity contribution in [2.45, 2.75) is 20.0 Å². The number of halogens is 1. The van der Waals surface area contributed by atoms with Gasteiger partial charge >= 0.3 is 0 Å². The Morgan fingerprint density at radius 3 is 2.81 bits per heavy atom. The maximum atomic E-state index is 13.5. The van der Waals surface area contributed by atoms with Crippen molar-refractivity contribution in [3.05, 3.63) is 17.9 Å². The molecule has 16 heavy (non-hydrogen) atoms. The highest BCUT2D eigenvalue weighted by Crippen LogP contribution is 2.35. The molecule has 1 aromatic rings. The van der Waals surface area contributed by atoms with Crippen LogP contribution in [0.3, 0.4) is 0 Å². The Bertz CT molecular complexity index is 446. The number of anilines is 2. The van der Waals surface area contributed by atoms with Crippen LogP contribution in [0.2, 0.25) is 0 Å². The van der Waals surface area contributed by atoms with Crippen molar-refractivity contribution in [3.8, 4) is 5.75 Å². The summed E-state index contributed by atoms with van der Waals surface area (Å²) < 4.78 is 18.9. The first kappa shape index (κ1) is 10.7. The Balaban J connectivity index is 2.43. The summed E-state index contributed by atoms with van der Waals surface area (Å²) in [4.78, 5) is 11.6. The second-order valence-electron chi connectivity index (χ2n) is 4.15. The van der Waals surface area contributed by atoms with Crippen LogP contribution in [0.15, 0.2) is 12.1 Å². The summed E-state index contributed by atoms with van der Waals surface area (Å²) in [5.41, 5.74) is 6.02. The molecule has 86 valence electrons. The van der Waals surface area contributed by atoms with Crippen molar-refractivity contribution in [1.29, 1.82) is 0 Å². The zero-order valence-corrected chi connectivity index (χ0v) is 9.08. The molecule has 1 amide bonds. The van der Waals surface area contributed by atoms with Gasteiger partial charge in [-0.25, -0.2) is 4.39 Å². The predicted molar refractivity (Wildman–Crippen MR) is 58.7 cm³/mol. The summed E-state index contributed by atoms with van der Waals surface area (Å²) in [6, 6.07) is 2.65. The van der Waals surface area contributed by atoms with Crippen LogP contribution in [-0.2, 0) is 4.79 Å². The van der Waals surface area contributed by atoms with Gasteiger partial charge in [0.05, 0.1) is 5.69 Å². The highest BCUT2D eigenvalue weighted by atomic mass is 19.1. The van der Waals surface area contributed by atoms with Gasteiger partial charge in [-0.05, 0) is 12.0 Å². The van der Waals surface area contributed by atoms with Crippen molar-refractivity contribution >= 4 is 17.3 Å². The van der Waals surface area contributed by atoms with Crippen LogP contribution in [-0.4, -0.2) is 12.0 Å². The molecule has 1 aliphatic rings. The molecule has 0 saturated carbocycles. The third-order valence-corrected chi connectivity index (χ3v) is 2.43. The first-order valence-corrected chi connectivity index (χ1v) is 5.05. The quantitative estimate of drug-likeness (QED) is 0.714. The van der Waals surface area contributed by atoms with Crippen LogP contribution in [0.4, 0.5) is 15.8 Å². The second kappa shape index (κ2) is 3.66. The highest BCUT2D eigenvalue weighted by Gasteiger charge is 2.32. The molecule has 4 nitrogen and oxygen atoms in total. The van der Waals surface area contributed by atoms with Gasteiger partial charge in [0.2, 0.25) is 0 Å². The van der Waals surface area contributed by atoms with E-state index < -0.39 is 11.9 Å². The Morgan fingerprint density at radius 2 is 2.19 bits per heavy atom. The van der Waals surface area contributed by atoms with Crippen molar-refractivity contribution in [1.82, 2.24) is 0 Å². The van der Waals surface area contributed by atoms with Gasteiger partial charge in [0.15, 0.2) is 17.7 Å². The average molecular weight is 224 g/mol. The van der Waals surface area contributed by atoms with Gasteiger partial charge in [-0.3, -0.25) is 4.79 Å². The number of rotatable bonds is 1. The van der Waals surface area contributed by atoms with Gasteiger partial charge in [0.25, 0.3) is 5.91 Å². The number of fused-ring (bicyclic) bond motifs is 1. The molecule has 0 saturated heterocycles. The smallest absolute Gasteiger partial charge is 0.265 e. The number of carbonyl (C=O) groups is 1. The maximum Gasteiger partial charge on any atom is 0.265 e. The molecule has 0 spiro atoms. The molecule has 3 N–H and O–H groups in total. The van der Waals surface area contributed by atoms with E-state index in [0.717, 1.165) is 0 Å². The van der Waals surface area contributed by atoms with Crippen LogP contribution in [0.1, 0.15) is 13.8 Å². The lowest BCUT2D eigenvalue weighted by Crippen LogP contribution is -2.40. The number of amides is 1. The third-order valence-electron chi connectivity index (χ3n) is 2.43. The number of nitrogens with two attached hydrogens (primary N) is 1. The molecule has 5 heteroatoms. The molecule has 1 heterocycles. The molecule has 0 aromatic heterocycles. The van der Waals surface area contributed by atoms with Crippen LogP contribution in [0.25, 0.3) is 0 Å². The molecule has 0 bridgehead atoms. The van der Waals surface area contributed by atoms with Crippen LogP contribution >= 0.6 is 0 Å². The SMILES string of the molecule is CC(C)C1Oc2c(F)cc(N)cc2NC1=O. The zero-order valence-electron chi connectivity index (χ0n) is 9.08. The van der Waals surface area contributed by atoms with E-state index in [4.69, 9.17) is 10.5 Å². The zero-order chi connectivity index (χ0) is 11.9. The minimum Gasteiger partial charge on any atom is -0.475 e. The fraction of sp³-hybridized carbons (Fsp3) is 0.364. The Morgan fingerprint density at radius 1 is 1.50 bits per heavy atom. The van der Waals surface area contributed by atoms with E-state index in [-0.39, 0.29) is 23.3 Å². The number of hydrogen-bond acceptors (Lipinski definition) is 3. The summed E-state index contributed by atoms with van der Waals surface area (Å²) >= 11 is 0. The normalized spacial score (nSPS) is 19.0. The largest absolute Gasteiger partial charge is 0.475 e. The minimum absolute atomic E-state index is 0.0231. The molecule has 0 radical (unpaired) electrons. The molecule has 0 fully saturated rings. The lowest BCUT2D eigenvalue weighted by atomic mass is 10.0. The summed E-state index contributed by atoms with van der Waals surface area (Å²) in [6.07, 6.45) is -0.661. The molecule has 1 aromatic carbocycles. The maximum absolute atomic E-state index is 13.5. The first-order valence-electron chi connectivity index (χ1n) is 5.05. The van der Waals surface area contributed by atoms with Gasteiger partial charge in [-0.15, -0.1) is 0 Å². The predicted octanol–water partition coefficient (Wildman–Crippen LogP) is 1.76. The number of nitrogen functional groups attached to an aromatic ring is 1. The molecular weight excluding hydrogens is 211 g/mol. The molecule has 2 rings (SSSR count). The van der Waals surface area contributed by atoms with Crippen LogP contribution in [0.5, 0.6) is 5.75 Å². The van der Waals surface area contributed by atoms with E-state index in [0.29, 0.717) is 5.69 Å². The monoisotopic (exact) mass is 224 g/mol. The Labute approximate surface area is 92.6 Å². The van der Waals surface area contributed by atoms with Crippen LogP contribution < -0.4 is 15.8 Å². The summed E-state index contributed by atoms with van der Waals surface area (Å²) in [6.45, 7) is 3.68. The van der Waals surface area contributed by atoms with Crippen molar-refractivity contribution in [2.75, 3.05) is 11.1 Å². The molecule has 0 aliphatic carbocycles. The van der Waals surface area contributed by atoms with Crippen molar-refractivity contribution in [2.24, 2.45) is 5.92 Å². The van der Waals surface area contributed by atoms with E-state index in [1.165, 1.54) is 12.1 Å². The van der Waals surface area contributed by atoms with Gasteiger partial charge < -0.3 is 15.8 Å². The van der Waals surface area contributed by atoms with Gasteiger partial charge in [-0.2, -0.15) is 0 Å². The number of benzene rings is 1. The first-order chi connectivity index (χ1) is 7.49. The number of carbonyl (C=O) groups excluding carboxylic acids is 1. The molecular formula is C11H13FN2O2. The van der Waals surface area contributed by atoms with E-state index in [2.05, 4.69) is 5.32 Å². The van der Waals surface area contributed by atoms with Crippen LogP contribution in [0, 0.1) is 11.7 Å². The van der Waals surface area contributed by atoms with Gasteiger partial charge in [0.1, 0.15) is 0 Å². The van der Waals surface area contributed by atoms with E-state index in [1.807, 2.05) is 13.8 Å². The number of hydrogen-bond donors (Lipinski definition) is 2. The summed E-state index contributed by atoms with van der Waals surface area (Å²) in [5.74, 6) is -0.786. The molecule has 1 aliphatic heterocycles. The van der Waals surface area contributed by atoms with Crippen molar-refractivity contribution in [3.63, 3.8) is 0 Å². The fourth-order valence-corrected chi connectivity index (χ4v) is 1.65. The van der Waals surface area contributed by atoms with E-state index >= 15 is 0 Å². The average Bonchev–Trinajstić information content (AvgIpc) is 2.15. The standard InChI is InChI=1S/C11H13FN2O2/c1-5(2)9-11(15)14-8-4-6(13)3-7(12)10(8)16-9/h3-5,9H,13H2,1-2H3,(H,14,15). The summed E-state index contributed by atoms with van der Waals surface area (Å²) in [7, 11) is 0. The van der Waals surface area contributed by atoms with E-state index in [9.17, 15) is 9.18 Å². The fourth-order valence-electron chi connectivity index (χ4n) is 1.65. The minimum atomic E-state index is -0.661. The van der Waals surface area contributed by atoms with Crippen molar-refractivity contribution < 1.29 is 13.9 Å². The lowest BCUT2D eigenvalue weighted by Gasteiger charge is -2.28. The summed E-state index contributed by atoms with van der Waals surface area (Å²) in [5, 5.41) is 2.59. The van der Waals surface area contributed by atoms with E-state index in [1.54, 1.807) is 0 Å². The highest BCUT2D eigenvalue weighted by molar-refractivity contribution is 5.98. The van der Waals surface area contributed by atoms with Gasteiger partial charge in [-0.1, -0.05) is 13.8 Å². The second-order valence-corrected chi connectivity index (χ2v) is 4.15. The van der Waals surface area contributed by atoms with Gasteiger partial charge in [0, 0.05) is 11.8 Å². The Kier molecular flexibility index (Phi) is 2.46. The lowest BCUT2D eigenvalue weighted by molar-refractivity contribution is -0.125. The Hall–Kier alpha value is -1.78. The molecule has 1 atom stereocenters. The molecule has 1 unspecified atom stereocenters. The number of nitrogens with one attached hydrogen (secondary N) is 1. The number of ether oxygens (including phenoxy) is 1.